The third kappa shape index (κ3) is 8.14. The Hall–Kier alpha value is -3.20. The molecule has 3 aromatic carbocycles. The Morgan fingerprint density at radius 3 is 2.18 bits per heavy atom. The summed E-state index contributed by atoms with van der Waals surface area (Å²) in [5.41, 5.74) is 6.26. The third-order valence-electron chi connectivity index (χ3n) is 7.64. The largest absolute Gasteiger partial charge is 0.490 e. The Bertz CT molecular complexity index is 1240. The van der Waals surface area contributed by atoms with Gasteiger partial charge in [0.05, 0.1) is 6.61 Å². The number of unbranched alkanes of at least 4 members (excludes halogenated alkanes) is 2. The van der Waals surface area contributed by atoms with Crippen molar-refractivity contribution >= 4 is 5.57 Å². The highest BCUT2D eigenvalue weighted by atomic mass is 19.2. The molecule has 1 unspecified atom stereocenters. The van der Waals surface area contributed by atoms with Gasteiger partial charge in [-0.1, -0.05) is 99.9 Å². The first-order valence-corrected chi connectivity index (χ1v) is 14.7. The molecule has 39 heavy (non-hydrogen) atoms. The second-order valence-electron chi connectivity index (χ2n) is 10.7. The van der Waals surface area contributed by atoms with Gasteiger partial charge >= 0.3 is 0 Å². The molecule has 206 valence electrons. The van der Waals surface area contributed by atoms with Gasteiger partial charge in [0.1, 0.15) is 0 Å². The number of aryl methyl sites for hydroxylation is 2. The third-order valence-corrected chi connectivity index (χ3v) is 7.64. The lowest BCUT2D eigenvalue weighted by atomic mass is 9.86. The fourth-order valence-electron chi connectivity index (χ4n) is 5.26. The fraction of sp³-hybridized carbons (Fsp3) is 0.389. The van der Waals surface area contributed by atoms with Crippen LogP contribution in [0.2, 0.25) is 0 Å². The number of allylic oxidation sites excluding steroid dienone is 4. The molecule has 0 heterocycles. The Labute approximate surface area is 233 Å². The first-order chi connectivity index (χ1) is 19.1. The van der Waals surface area contributed by atoms with Crippen LogP contribution >= 0.6 is 0 Å². The van der Waals surface area contributed by atoms with E-state index >= 15 is 0 Å². The van der Waals surface area contributed by atoms with E-state index < -0.39 is 11.6 Å². The van der Waals surface area contributed by atoms with Gasteiger partial charge < -0.3 is 4.74 Å². The van der Waals surface area contributed by atoms with Crippen LogP contribution in [0.5, 0.6) is 5.75 Å². The number of hydrogen-bond donors (Lipinski definition) is 0. The molecular formula is C36H42F2O. The predicted molar refractivity (Wildman–Crippen MR) is 160 cm³/mol. The van der Waals surface area contributed by atoms with E-state index in [4.69, 9.17) is 4.74 Å². The van der Waals surface area contributed by atoms with E-state index in [9.17, 15) is 8.78 Å². The zero-order valence-corrected chi connectivity index (χ0v) is 23.5. The van der Waals surface area contributed by atoms with Crippen LogP contribution in [-0.2, 0) is 12.8 Å². The topological polar surface area (TPSA) is 9.23 Å². The van der Waals surface area contributed by atoms with Crippen LogP contribution < -0.4 is 4.74 Å². The van der Waals surface area contributed by atoms with Crippen LogP contribution in [0.15, 0.2) is 78.9 Å². The van der Waals surface area contributed by atoms with Gasteiger partial charge in [-0.15, -0.1) is 0 Å². The average molecular weight is 529 g/mol. The molecule has 1 atom stereocenters. The quantitative estimate of drug-likeness (QED) is 0.158. The van der Waals surface area contributed by atoms with E-state index in [0.717, 1.165) is 63.4 Å². The van der Waals surface area contributed by atoms with Crippen molar-refractivity contribution in [1.82, 2.24) is 0 Å². The molecule has 1 aliphatic carbocycles. The Kier molecular flexibility index (Phi) is 10.9. The molecule has 1 nitrogen and oxygen atoms in total. The van der Waals surface area contributed by atoms with Crippen LogP contribution in [0.3, 0.4) is 0 Å². The molecule has 0 aromatic heterocycles. The van der Waals surface area contributed by atoms with E-state index in [0.29, 0.717) is 18.1 Å². The van der Waals surface area contributed by atoms with Gasteiger partial charge in [-0.25, -0.2) is 4.39 Å². The molecule has 0 amide bonds. The monoisotopic (exact) mass is 528 g/mol. The van der Waals surface area contributed by atoms with Crippen molar-refractivity contribution in [3.8, 4) is 16.9 Å². The SMILES string of the molecule is CCCCCOc1ccc(-c2ccc(C3=CCC(C=CCCc4ccc(CCC)cc4)CC3)cc2)c(F)c1F. The summed E-state index contributed by atoms with van der Waals surface area (Å²) < 4.78 is 34.9. The molecule has 3 aromatic rings. The molecule has 1 aliphatic rings. The molecule has 0 fully saturated rings. The number of rotatable bonds is 13. The summed E-state index contributed by atoms with van der Waals surface area (Å²) in [4.78, 5) is 0. The highest BCUT2D eigenvalue weighted by molar-refractivity contribution is 5.71. The first kappa shape index (κ1) is 28.8. The van der Waals surface area contributed by atoms with Crippen LogP contribution in [0, 0.1) is 17.6 Å². The summed E-state index contributed by atoms with van der Waals surface area (Å²) in [5, 5.41) is 0. The van der Waals surface area contributed by atoms with E-state index in [2.05, 4.69) is 56.3 Å². The summed E-state index contributed by atoms with van der Waals surface area (Å²) in [5.74, 6) is -1.19. The normalized spacial score (nSPS) is 15.5. The van der Waals surface area contributed by atoms with E-state index in [1.165, 1.54) is 29.2 Å². The molecule has 0 saturated carbocycles. The van der Waals surface area contributed by atoms with Crippen molar-refractivity contribution in [3.63, 3.8) is 0 Å². The van der Waals surface area contributed by atoms with Gasteiger partial charge in [-0.3, -0.25) is 0 Å². The van der Waals surface area contributed by atoms with E-state index in [1.54, 1.807) is 6.07 Å². The van der Waals surface area contributed by atoms with Crippen LogP contribution in [0.4, 0.5) is 8.78 Å². The molecule has 4 rings (SSSR count). The minimum absolute atomic E-state index is 0.0130. The Morgan fingerprint density at radius 1 is 0.795 bits per heavy atom. The molecule has 0 spiro atoms. The van der Waals surface area contributed by atoms with Crippen LogP contribution in [0.1, 0.15) is 81.9 Å². The highest BCUT2D eigenvalue weighted by Gasteiger charge is 2.17. The van der Waals surface area contributed by atoms with Gasteiger partial charge in [-0.2, -0.15) is 4.39 Å². The Balaban J connectivity index is 1.29. The standard InChI is InChI=1S/C36H42F2O/c1-3-5-8-26-39-34-25-24-33(35(37)36(34)38)32-22-20-31(21-23-32)30-18-16-29(17-19-30)11-7-6-10-28-14-12-27(9-4-2)13-15-28/h7,11-15,18,20-25,29H,3-6,8-10,16-17,19,26H2,1-2H3. The number of hydrogen-bond acceptors (Lipinski definition) is 1. The molecule has 0 saturated heterocycles. The van der Waals surface area contributed by atoms with Crippen molar-refractivity contribution in [1.29, 1.82) is 0 Å². The van der Waals surface area contributed by atoms with Gasteiger partial charge in [0.15, 0.2) is 11.6 Å². The van der Waals surface area contributed by atoms with Gasteiger partial charge in [0.25, 0.3) is 0 Å². The van der Waals surface area contributed by atoms with Crippen molar-refractivity contribution in [2.45, 2.75) is 78.1 Å². The molecular weight excluding hydrogens is 486 g/mol. The summed E-state index contributed by atoms with van der Waals surface area (Å²) in [6.45, 7) is 4.71. The lowest BCUT2D eigenvalue weighted by Crippen LogP contribution is -2.03. The predicted octanol–water partition coefficient (Wildman–Crippen LogP) is 10.5. The zero-order chi connectivity index (χ0) is 27.5. The number of halogens is 2. The summed E-state index contributed by atoms with van der Waals surface area (Å²) in [7, 11) is 0. The average Bonchev–Trinajstić information content (AvgIpc) is 2.97. The van der Waals surface area contributed by atoms with E-state index in [-0.39, 0.29) is 11.3 Å². The Morgan fingerprint density at radius 2 is 1.51 bits per heavy atom. The molecule has 0 radical (unpaired) electrons. The second-order valence-corrected chi connectivity index (χ2v) is 10.7. The van der Waals surface area contributed by atoms with Crippen LogP contribution in [-0.4, -0.2) is 6.61 Å². The van der Waals surface area contributed by atoms with Crippen LogP contribution in [0.25, 0.3) is 16.7 Å². The lowest BCUT2D eigenvalue weighted by molar-refractivity contribution is 0.286. The van der Waals surface area contributed by atoms with Crippen molar-refractivity contribution in [2.75, 3.05) is 6.61 Å². The van der Waals surface area contributed by atoms with Crippen molar-refractivity contribution < 1.29 is 13.5 Å². The molecule has 3 heteroatoms. The summed E-state index contributed by atoms with van der Waals surface area (Å²) >= 11 is 0. The number of ether oxygens (including phenoxy) is 1. The minimum Gasteiger partial charge on any atom is -0.490 e. The first-order valence-electron chi connectivity index (χ1n) is 14.7. The lowest BCUT2D eigenvalue weighted by Gasteiger charge is -2.20. The van der Waals surface area contributed by atoms with E-state index in [1.807, 2.05) is 24.3 Å². The summed E-state index contributed by atoms with van der Waals surface area (Å²) in [6.07, 6.45) is 17.7. The van der Waals surface area contributed by atoms with Crippen molar-refractivity contribution in [2.24, 2.45) is 5.92 Å². The maximum Gasteiger partial charge on any atom is 0.201 e. The maximum absolute atomic E-state index is 14.8. The zero-order valence-electron chi connectivity index (χ0n) is 23.5. The fourth-order valence-corrected chi connectivity index (χ4v) is 5.26. The van der Waals surface area contributed by atoms with Crippen molar-refractivity contribution in [3.05, 3.63) is 107 Å². The molecule has 0 bridgehead atoms. The van der Waals surface area contributed by atoms with Gasteiger partial charge in [-0.05, 0) is 90.8 Å². The van der Waals surface area contributed by atoms with Gasteiger partial charge in [0.2, 0.25) is 5.82 Å². The smallest absolute Gasteiger partial charge is 0.201 e. The molecule has 0 aliphatic heterocycles. The maximum atomic E-state index is 14.8. The van der Waals surface area contributed by atoms with Gasteiger partial charge in [0, 0.05) is 5.56 Å². The number of benzene rings is 3. The molecule has 0 N–H and O–H groups in total. The second kappa shape index (κ2) is 14.8. The summed E-state index contributed by atoms with van der Waals surface area (Å²) in [6, 6.07) is 20.0. The minimum atomic E-state index is -0.910. The highest BCUT2D eigenvalue weighted by Crippen LogP contribution is 2.34.